The average Bonchev–Trinajstić information content (AvgIpc) is 3.23. The minimum absolute atomic E-state index is 0.0704. The van der Waals surface area contributed by atoms with Crippen LogP contribution in [0.5, 0.6) is 5.75 Å². The summed E-state index contributed by atoms with van der Waals surface area (Å²) in [5, 5.41) is 13.6. The number of benzene rings is 1. The smallest absolute Gasteiger partial charge is 0.404 e. The number of hydrogen-bond acceptors (Lipinski definition) is 4. The Kier molecular flexibility index (Phi) is 3.77. The molecule has 1 aromatic carbocycles. The molecule has 0 amide bonds. The molecule has 0 unspecified atom stereocenters. The van der Waals surface area contributed by atoms with Gasteiger partial charge in [0.2, 0.25) is 0 Å². The van der Waals surface area contributed by atoms with E-state index in [-0.39, 0.29) is 17.4 Å². The molecule has 2 heterocycles. The summed E-state index contributed by atoms with van der Waals surface area (Å²) in [4.78, 5) is 4.28. The van der Waals surface area contributed by atoms with Crippen molar-refractivity contribution in [1.29, 1.82) is 5.26 Å². The van der Waals surface area contributed by atoms with Crippen molar-refractivity contribution >= 4 is 17.2 Å². The van der Waals surface area contributed by atoms with Gasteiger partial charge in [-0.2, -0.15) is 10.4 Å². The Morgan fingerprint density at radius 1 is 1.27 bits per heavy atom. The van der Waals surface area contributed by atoms with Gasteiger partial charge >= 0.3 is 6.36 Å². The van der Waals surface area contributed by atoms with Crippen LogP contribution >= 0.6 is 11.6 Å². The third kappa shape index (κ3) is 3.06. The normalized spacial score (nSPS) is 19.3. The fourth-order valence-electron chi connectivity index (χ4n) is 3.17. The lowest BCUT2D eigenvalue weighted by Crippen LogP contribution is -2.17. The van der Waals surface area contributed by atoms with Crippen molar-refractivity contribution in [2.75, 3.05) is 0 Å². The van der Waals surface area contributed by atoms with E-state index < -0.39 is 12.1 Å². The van der Waals surface area contributed by atoms with Crippen LogP contribution in [0.4, 0.5) is 13.2 Å². The van der Waals surface area contributed by atoms with Gasteiger partial charge in [-0.3, -0.25) is 0 Å². The standard InChI is InChI=1S/C17H10ClF3N4O/c18-15-7-13(16-23-3-4-25(16)24-15)12-6-11(12)9-1-2-14(10(5-9)8-22)26-17(19,20)21/h1-5,7,11-12H,6H2/t11-,12+/m1/s1. The lowest BCUT2D eigenvalue weighted by Gasteiger charge is -2.11. The molecule has 1 saturated carbocycles. The third-order valence-corrected chi connectivity index (χ3v) is 4.51. The number of rotatable bonds is 3. The van der Waals surface area contributed by atoms with E-state index in [1.807, 2.05) is 0 Å². The summed E-state index contributed by atoms with van der Waals surface area (Å²) in [5.74, 6) is -0.314. The average molecular weight is 379 g/mol. The molecule has 0 aliphatic heterocycles. The zero-order chi connectivity index (χ0) is 18.5. The quantitative estimate of drug-likeness (QED) is 0.676. The molecule has 1 aliphatic carbocycles. The van der Waals surface area contributed by atoms with Crippen molar-refractivity contribution in [3.8, 4) is 11.8 Å². The highest BCUT2D eigenvalue weighted by molar-refractivity contribution is 6.29. The summed E-state index contributed by atoms with van der Waals surface area (Å²) in [6.07, 6.45) is -0.738. The number of alkyl halides is 3. The summed E-state index contributed by atoms with van der Waals surface area (Å²) >= 11 is 6.05. The summed E-state index contributed by atoms with van der Waals surface area (Å²) < 4.78 is 42.7. The van der Waals surface area contributed by atoms with Crippen LogP contribution in [0.25, 0.3) is 5.65 Å². The van der Waals surface area contributed by atoms with Crippen LogP contribution in [0.15, 0.2) is 36.7 Å². The minimum atomic E-state index is -4.84. The summed E-state index contributed by atoms with van der Waals surface area (Å²) in [7, 11) is 0. The first-order valence-electron chi connectivity index (χ1n) is 7.65. The molecule has 0 radical (unpaired) electrons. The topological polar surface area (TPSA) is 63.2 Å². The van der Waals surface area contributed by atoms with Crippen LogP contribution in [0.2, 0.25) is 5.15 Å². The monoisotopic (exact) mass is 378 g/mol. The van der Waals surface area contributed by atoms with E-state index in [0.717, 1.165) is 17.5 Å². The molecule has 2 aromatic heterocycles. The number of ether oxygens (including phenoxy) is 1. The third-order valence-electron chi connectivity index (χ3n) is 4.33. The number of nitriles is 1. The minimum Gasteiger partial charge on any atom is -0.404 e. The first kappa shape index (κ1) is 16.7. The Labute approximate surface area is 150 Å². The highest BCUT2D eigenvalue weighted by Gasteiger charge is 2.42. The van der Waals surface area contributed by atoms with Crippen LogP contribution in [0.1, 0.15) is 34.9 Å². The van der Waals surface area contributed by atoms with Gasteiger partial charge in [-0.15, -0.1) is 13.2 Å². The predicted octanol–water partition coefficient (Wildman–Crippen LogP) is 4.42. The molecular weight excluding hydrogens is 369 g/mol. The predicted molar refractivity (Wildman–Crippen MR) is 85.9 cm³/mol. The largest absolute Gasteiger partial charge is 0.573 e. The van der Waals surface area contributed by atoms with Gasteiger partial charge in [0, 0.05) is 18.0 Å². The Bertz CT molecular complexity index is 1040. The van der Waals surface area contributed by atoms with Gasteiger partial charge < -0.3 is 4.74 Å². The fourth-order valence-corrected chi connectivity index (χ4v) is 3.37. The first-order chi connectivity index (χ1) is 12.4. The molecule has 1 aliphatic rings. The maximum atomic E-state index is 12.4. The van der Waals surface area contributed by atoms with Crippen LogP contribution in [0, 0.1) is 11.3 Å². The molecule has 0 bridgehead atoms. The van der Waals surface area contributed by atoms with E-state index >= 15 is 0 Å². The van der Waals surface area contributed by atoms with E-state index in [9.17, 15) is 13.2 Å². The van der Waals surface area contributed by atoms with Gasteiger partial charge in [0.05, 0.1) is 5.56 Å². The maximum absolute atomic E-state index is 12.4. The second-order valence-corrected chi connectivity index (χ2v) is 6.37. The molecule has 0 saturated heterocycles. The van der Waals surface area contributed by atoms with E-state index in [4.69, 9.17) is 16.9 Å². The van der Waals surface area contributed by atoms with Gasteiger partial charge in [-0.1, -0.05) is 17.7 Å². The van der Waals surface area contributed by atoms with Crippen molar-refractivity contribution in [1.82, 2.24) is 14.6 Å². The Balaban J connectivity index is 1.64. The first-order valence-corrected chi connectivity index (χ1v) is 8.03. The summed E-state index contributed by atoms with van der Waals surface area (Å²) in [5.41, 5.74) is 2.25. The number of halogens is 4. The second kappa shape index (κ2) is 5.88. The number of hydrogen-bond donors (Lipinski definition) is 0. The van der Waals surface area contributed by atoms with Crippen LogP contribution in [-0.4, -0.2) is 21.0 Å². The van der Waals surface area contributed by atoms with E-state index in [0.29, 0.717) is 10.8 Å². The molecule has 3 aromatic rings. The number of imidazole rings is 1. The Morgan fingerprint density at radius 2 is 2.08 bits per heavy atom. The van der Waals surface area contributed by atoms with Crippen molar-refractivity contribution in [2.45, 2.75) is 24.6 Å². The molecule has 0 N–H and O–H groups in total. The van der Waals surface area contributed by atoms with E-state index in [2.05, 4.69) is 14.8 Å². The SMILES string of the molecule is N#Cc1cc([C@H]2C[C@@H]2c2cc(Cl)nn3ccnc23)ccc1OC(F)(F)F. The van der Waals surface area contributed by atoms with Crippen LogP contribution in [-0.2, 0) is 0 Å². The van der Waals surface area contributed by atoms with Gasteiger partial charge in [0.15, 0.2) is 5.65 Å². The van der Waals surface area contributed by atoms with Crippen molar-refractivity contribution in [2.24, 2.45) is 0 Å². The molecule has 0 spiro atoms. The second-order valence-electron chi connectivity index (χ2n) is 5.98. The molecule has 2 atom stereocenters. The lowest BCUT2D eigenvalue weighted by atomic mass is 10.0. The number of aromatic nitrogens is 3. The van der Waals surface area contributed by atoms with Crippen molar-refractivity contribution in [3.05, 3.63) is 58.5 Å². The van der Waals surface area contributed by atoms with Gasteiger partial charge in [-0.25, -0.2) is 9.50 Å². The summed E-state index contributed by atoms with van der Waals surface area (Å²) in [6.45, 7) is 0. The van der Waals surface area contributed by atoms with Crippen LogP contribution in [0.3, 0.4) is 0 Å². The van der Waals surface area contributed by atoms with Gasteiger partial charge in [0.1, 0.15) is 17.0 Å². The zero-order valence-corrected chi connectivity index (χ0v) is 13.8. The lowest BCUT2D eigenvalue weighted by molar-refractivity contribution is -0.274. The maximum Gasteiger partial charge on any atom is 0.573 e. The highest BCUT2D eigenvalue weighted by atomic mass is 35.5. The molecule has 1 fully saturated rings. The number of fused-ring (bicyclic) bond motifs is 1. The fraction of sp³-hybridized carbons (Fsp3) is 0.235. The van der Waals surface area contributed by atoms with Crippen LogP contribution < -0.4 is 4.74 Å². The summed E-state index contributed by atoms with van der Waals surface area (Å²) in [6, 6.07) is 7.69. The molecule has 5 nitrogen and oxygen atoms in total. The van der Waals surface area contributed by atoms with Crippen molar-refractivity contribution in [3.63, 3.8) is 0 Å². The van der Waals surface area contributed by atoms with Crippen molar-refractivity contribution < 1.29 is 17.9 Å². The zero-order valence-electron chi connectivity index (χ0n) is 13.0. The number of nitrogens with zero attached hydrogens (tertiary/aromatic N) is 4. The Hall–Kier alpha value is -2.79. The van der Waals surface area contributed by atoms with Gasteiger partial charge in [0.25, 0.3) is 0 Å². The molecule has 26 heavy (non-hydrogen) atoms. The van der Waals surface area contributed by atoms with E-state index in [1.165, 1.54) is 12.1 Å². The van der Waals surface area contributed by atoms with E-state index in [1.54, 1.807) is 35.1 Å². The molecular formula is C17H10ClF3N4O. The molecule has 9 heteroatoms. The molecule has 4 rings (SSSR count). The molecule has 132 valence electrons. The Morgan fingerprint density at radius 3 is 2.81 bits per heavy atom. The highest BCUT2D eigenvalue weighted by Crippen LogP contribution is 2.56. The van der Waals surface area contributed by atoms with Gasteiger partial charge in [-0.05, 0) is 42.0 Å².